The van der Waals surface area contributed by atoms with Crippen LogP contribution in [0.5, 0.6) is 5.75 Å². The van der Waals surface area contributed by atoms with E-state index in [0.717, 1.165) is 12.2 Å². The largest absolute Gasteiger partial charge is 0.494 e. The molecule has 0 spiro atoms. The molecule has 0 heterocycles. The van der Waals surface area contributed by atoms with Crippen molar-refractivity contribution in [2.24, 2.45) is 0 Å². The summed E-state index contributed by atoms with van der Waals surface area (Å²) in [4.78, 5) is 0. The fourth-order valence-corrected chi connectivity index (χ4v) is 2.58. The van der Waals surface area contributed by atoms with E-state index < -0.39 is 10.0 Å². The number of hydrogen-bond acceptors (Lipinski definition) is 3. The topological polar surface area (TPSA) is 55.4 Å². The van der Waals surface area contributed by atoms with Crippen molar-refractivity contribution < 1.29 is 13.2 Å². The van der Waals surface area contributed by atoms with Gasteiger partial charge in [-0.05, 0) is 30.7 Å². The Labute approximate surface area is 107 Å². The summed E-state index contributed by atoms with van der Waals surface area (Å²) >= 11 is 5.40. The monoisotopic (exact) mass is 277 g/mol. The molecule has 0 unspecified atom stereocenters. The Morgan fingerprint density at radius 2 is 1.94 bits per heavy atom. The van der Waals surface area contributed by atoms with E-state index in [1.54, 1.807) is 24.3 Å². The number of hydrogen-bond donors (Lipinski definition) is 1. The molecule has 1 N–H and O–H groups in total. The van der Waals surface area contributed by atoms with E-state index in [1.165, 1.54) is 0 Å². The fourth-order valence-electron chi connectivity index (χ4n) is 1.17. The number of halogens is 1. The normalized spacial score (nSPS) is 11.2. The maximum absolute atomic E-state index is 11.4. The van der Waals surface area contributed by atoms with E-state index in [-0.39, 0.29) is 11.6 Å². The van der Waals surface area contributed by atoms with Crippen LogP contribution in [0, 0.1) is 0 Å². The molecule has 0 fully saturated rings. The molecule has 0 aliphatic heterocycles. The molecule has 0 aliphatic rings. The molecular formula is C11H16ClNO3S. The minimum Gasteiger partial charge on any atom is -0.494 e. The first-order valence-electron chi connectivity index (χ1n) is 5.36. The van der Waals surface area contributed by atoms with Gasteiger partial charge in [0.1, 0.15) is 5.75 Å². The first kappa shape index (κ1) is 14.1. The van der Waals surface area contributed by atoms with Gasteiger partial charge in [-0.25, -0.2) is 8.42 Å². The molecule has 4 nitrogen and oxygen atoms in total. The fraction of sp³-hybridized carbons (Fsp3) is 0.455. The predicted molar refractivity (Wildman–Crippen MR) is 70.4 cm³/mol. The summed E-state index contributed by atoms with van der Waals surface area (Å²) in [6, 6.07) is 6.79. The molecule has 0 saturated heterocycles. The van der Waals surface area contributed by atoms with Gasteiger partial charge < -0.3 is 4.74 Å². The summed E-state index contributed by atoms with van der Waals surface area (Å²) in [5.74, 6) is 0.711. The molecule has 0 aromatic heterocycles. The molecule has 17 heavy (non-hydrogen) atoms. The van der Waals surface area contributed by atoms with E-state index >= 15 is 0 Å². The summed E-state index contributed by atoms with van der Waals surface area (Å²) in [5.41, 5.74) is 0.513. The molecule has 0 aliphatic carbocycles. The zero-order chi connectivity index (χ0) is 12.7. The number of rotatable bonds is 7. The third-order valence-electron chi connectivity index (χ3n) is 1.95. The van der Waals surface area contributed by atoms with Gasteiger partial charge in [0.15, 0.2) is 0 Å². The highest BCUT2D eigenvalue weighted by Crippen LogP contribution is 2.16. The van der Waals surface area contributed by atoms with E-state index in [0.29, 0.717) is 12.3 Å². The summed E-state index contributed by atoms with van der Waals surface area (Å²) in [6.45, 7) is 2.67. The van der Waals surface area contributed by atoms with Gasteiger partial charge in [0.05, 0.1) is 12.4 Å². The molecule has 1 aromatic carbocycles. The van der Waals surface area contributed by atoms with Crippen LogP contribution in [-0.2, 0) is 10.0 Å². The van der Waals surface area contributed by atoms with Gasteiger partial charge in [-0.2, -0.15) is 0 Å². The van der Waals surface area contributed by atoms with Gasteiger partial charge in [-0.3, -0.25) is 4.72 Å². The van der Waals surface area contributed by atoms with Crippen LogP contribution >= 0.6 is 11.6 Å². The van der Waals surface area contributed by atoms with Crippen LogP contribution in [0.3, 0.4) is 0 Å². The quantitative estimate of drug-likeness (QED) is 0.779. The lowest BCUT2D eigenvalue weighted by Gasteiger charge is -2.08. The number of ether oxygens (including phenoxy) is 1. The molecule has 0 atom stereocenters. The molecule has 1 aromatic rings. The van der Waals surface area contributed by atoms with Crippen molar-refractivity contribution in [3.8, 4) is 5.75 Å². The molecule has 0 amide bonds. The zero-order valence-electron chi connectivity index (χ0n) is 9.65. The van der Waals surface area contributed by atoms with E-state index in [4.69, 9.17) is 16.3 Å². The standard InChI is InChI=1S/C11H16ClNO3S/c1-2-8-16-11-5-3-10(4-6-11)13-17(14,15)9-7-12/h3-6,13H,2,7-9H2,1H3. The minimum absolute atomic E-state index is 0.0764. The van der Waals surface area contributed by atoms with E-state index in [1.807, 2.05) is 6.92 Å². The van der Waals surface area contributed by atoms with Crippen molar-refractivity contribution in [2.75, 3.05) is 23.0 Å². The van der Waals surface area contributed by atoms with Crippen LogP contribution in [-0.4, -0.2) is 26.7 Å². The van der Waals surface area contributed by atoms with Crippen LogP contribution in [0.15, 0.2) is 24.3 Å². The van der Waals surface area contributed by atoms with Crippen LogP contribution in [0.25, 0.3) is 0 Å². The predicted octanol–water partition coefficient (Wildman–Crippen LogP) is 2.46. The van der Waals surface area contributed by atoms with E-state index in [9.17, 15) is 8.42 Å². The lowest BCUT2D eigenvalue weighted by Crippen LogP contribution is -2.17. The van der Waals surface area contributed by atoms with Crippen LogP contribution in [0.2, 0.25) is 0 Å². The lowest BCUT2D eigenvalue weighted by molar-refractivity contribution is 0.317. The number of alkyl halides is 1. The first-order valence-corrected chi connectivity index (χ1v) is 7.55. The smallest absolute Gasteiger partial charge is 0.233 e. The third kappa shape index (κ3) is 5.28. The van der Waals surface area contributed by atoms with Crippen molar-refractivity contribution in [3.05, 3.63) is 24.3 Å². The Bertz CT molecular complexity index is 431. The van der Waals surface area contributed by atoms with Crippen molar-refractivity contribution >= 4 is 27.3 Å². The molecule has 0 radical (unpaired) electrons. The first-order chi connectivity index (χ1) is 8.07. The average Bonchev–Trinajstić information content (AvgIpc) is 2.27. The van der Waals surface area contributed by atoms with Crippen LogP contribution in [0.1, 0.15) is 13.3 Å². The highest BCUT2D eigenvalue weighted by molar-refractivity contribution is 7.92. The zero-order valence-corrected chi connectivity index (χ0v) is 11.2. The Balaban J connectivity index is 2.62. The third-order valence-corrected chi connectivity index (χ3v) is 3.65. The summed E-state index contributed by atoms with van der Waals surface area (Å²) < 4.78 is 30.7. The maximum Gasteiger partial charge on any atom is 0.233 e. The van der Waals surface area contributed by atoms with Crippen molar-refractivity contribution in [2.45, 2.75) is 13.3 Å². The highest BCUT2D eigenvalue weighted by atomic mass is 35.5. The summed E-state index contributed by atoms with van der Waals surface area (Å²) in [7, 11) is -3.34. The summed E-state index contributed by atoms with van der Waals surface area (Å²) in [6.07, 6.45) is 0.935. The molecular weight excluding hydrogens is 262 g/mol. The number of benzene rings is 1. The Morgan fingerprint density at radius 1 is 1.29 bits per heavy atom. The number of sulfonamides is 1. The molecule has 0 bridgehead atoms. The highest BCUT2D eigenvalue weighted by Gasteiger charge is 2.08. The minimum atomic E-state index is -3.34. The number of anilines is 1. The molecule has 0 saturated carbocycles. The molecule has 96 valence electrons. The average molecular weight is 278 g/mol. The van der Waals surface area contributed by atoms with Gasteiger partial charge in [-0.1, -0.05) is 6.92 Å². The van der Waals surface area contributed by atoms with Crippen LogP contribution < -0.4 is 9.46 Å². The molecule has 1 rings (SSSR count). The molecule has 6 heteroatoms. The van der Waals surface area contributed by atoms with Crippen LogP contribution in [0.4, 0.5) is 5.69 Å². The Hall–Kier alpha value is -0.940. The summed E-state index contributed by atoms with van der Waals surface area (Å²) in [5, 5.41) is 0. The van der Waals surface area contributed by atoms with Crippen molar-refractivity contribution in [3.63, 3.8) is 0 Å². The Morgan fingerprint density at radius 3 is 2.47 bits per heavy atom. The number of nitrogens with one attached hydrogen (secondary N) is 1. The maximum atomic E-state index is 11.4. The van der Waals surface area contributed by atoms with E-state index in [2.05, 4.69) is 4.72 Å². The van der Waals surface area contributed by atoms with Gasteiger partial charge in [0.2, 0.25) is 10.0 Å². The second kappa shape index (κ2) is 6.71. The van der Waals surface area contributed by atoms with Crippen molar-refractivity contribution in [1.82, 2.24) is 0 Å². The second-order valence-electron chi connectivity index (χ2n) is 3.48. The second-order valence-corrected chi connectivity index (χ2v) is 5.70. The Kier molecular flexibility index (Phi) is 5.58. The van der Waals surface area contributed by atoms with Gasteiger partial charge >= 0.3 is 0 Å². The van der Waals surface area contributed by atoms with Crippen molar-refractivity contribution in [1.29, 1.82) is 0 Å². The van der Waals surface area contributed by atoms with Gasteiger partial charge in [0.25, 0.3) is 0 Å². The lowest BCUT2D eigenvalue weighted by atomic mass is 10.3. The van der Waals surface area contributed by atoms with Gasteiger partial charge in [-0.15, -0.1) is 11.6 Å². The van der Waals surface area contributed by atoms with Gasteiger partial charge in [0, 0.05) is 11.6 Å². The SMILES string of the molecule is CCCOc1ccc(NS(=O)(=O)CCCl)cc1.